The Morgan fingerprint density at radius 3 is 2.77 bits per heavy atom. The molecule has 3 heteroatoms. The van der Waals surface area contributed by atoms with Crippen LogP contribution in [0.2, 0.25) is 0 Å². The molecule has 0 radical (unpaired) electrons. The smallest absolute Gasteiger partial charge is 0.0674 e. The second-order valence-corrected chi connectivity index (χ2v) is 4.35. The molecule has 1 saturated heterocycles. The van der Waals surface area contributed by atoms with Crippen molar-refractivity contribution in [2.45, 2.75) is 32.9 Å². The molecule has 0 aromatic rings. The summed E-state index contributed by atoms with van der Waals surface area (Å²) in [5.41, 5.74) is 6.01. The van der Waals surface area contributed by atoms with Crippen molar-refractivity contribution in [3.8, 4) is 0 Å². The zero-order valence-corrected chi connectivity index (χ0v) is 8.99. The van der Waals surface area contributed by atoms with Crippen LogP contribution in [-0.4, -0.2) is 43.3 Å². The molecule has 1 heterocycles. The van der Waals surface area contributed by atoms with E-state index in [9.17, 15) is 0 Å². The number of rotatable bonds is 3. The molecule has 0 aromatic heterocycles. The van der Waals surface area contributed by atoms with E-state index in [-0.39, 0.29) is 0 Å². The van der Waals surface area contributed by atoms with Gasteiger partial charge in [-0.05, 0) is 12.8 Å². The van der Waals surface area contributed by atoms with Crippen LogP contribution in [0.1, 0.15) is 20.8 Å². The maximum absolute atomic E-state index is 6.01. The van der Waals surface area contributed by atoms with Crippen LogP contribution in [-0.2, 0) is 4.74 Å². The van der Waals surface area contributed by atoms with Crippen LogP contribution in [0, 0.1) is 5.92 Å². The van der Waals surface area contributed by atoms with Crippen molar-refractivity contribution >= 4 is 0 Å². The molecule has 2 atom stereocenters. The fourth-order valence-corrected chi connectivity index (χ4v) is 1.57. The van der Waals surface area contributed by atoms with E-state index in [4.69, 9.17) is 10.5 Å². The lowest BCUT2D eigenvalue weighted by Crippen LogP contribution is -2.47. The molecule has 13 heavy (non-hydrogen) atoms. The molecule has 0 amide bonds. The van der Waals surface area contributed by atoms with Gasteiger partial charge in [-0.1, -0.05) is 13.8 Å². The first kappa shape index (κ1) is 11.0. The second kappa shape index (κ2) is 4.94. The highest BCUT2D eigenvalue weighted by Crippen LogP contribution is 2.07. The summed E-state index contributed by atoms with van der Waals surface area (Å²) < 4.78 is 5.47. The van der Waals surface area contributed by atoms with E-state index in [1.165, 1.54) is 0 Å². The van der Waals surface area contributed by atoms with Crippen molar-refractivity contribution in [2.75, 3.05) is 26.2 Å². The summed E-state index contributed by atoms with van der Waals surface area (Å²) in [6.45, 7) is 10.4. The number of hydrogen-bond donors (Lipinski definition) is 1. The molecule has 0 saturated carbocycles. The van der Waals surface area contributed by atoms with Gasteiger partial charge in [0.1, 0.15) is 0 Å². The second-order valence-electron chi connectivity index (χ2n) is 4.35. The average Bonchev–Trinajstić information content (AvgIpc) is 2.04. The van der Waals surface area contributed by atoms with Crippen LogP contribution in [0.3, 0.4) is 0 Å². The quantitative estimate of drug-likeness (QED) is 0.705. The van der Waals surface area contributed by atoms with Crippen molar-refractivity contribution in [1.29, 1.82) is 0 Å². The lowest BCUT2D eigenvalue weighted by Gasteiger charge is -2.33. The van der Waals surface area contributed by atoms with Gasteiger partial charge >= 0.3 is 0 Å². The van der Waals surface area contributed by atoms with Crippen molar-refractivity contribution in [2.24, 2.45) is 11.7 Å². The van der Waals surface area contributed by atoms with Crippen molar-refractivity contribution < 1.29 is 4.74 Å². The molecular formula is C10H22N2O. The van der Waals surface area contributed by atoms with Crippen molar-refractivity contribution in [3.05, 3.63) is 0 Å². The zero-order valence-electron chi connectivity index (χ0n) is 8.99. The van der Waals surface area contributed by atoms with Crippen LogP contribution >= 0.6 is 0 Å². The van der Waals surface area contributed by atoms with Gasteiger partial charge in [-0.3, -0.25) is 4.90 Å². The standard InChI is InChI=1S/C10H22N2O/c1-8(2)10(11)7-12-4-5-13-9(3)6-12/h8-10H,4-7,11H2,1-3H3/t9?,10-/m1/s1. The maximum atomic E-state index is 6.01. The van der Waals surface area contributed by atoms with Crippen molar-refractivity contribution in [1.82, 2.24) is 4.90 Å². The lowest BCUT2D eigenvalue weighted by molar-refractivity contribution is -0.0211. The highest BCUT2D eigenvalue weighted by Gasteiger charge is 2.19. The summed E-state index contributed by atoms with van der Waals surface area (Å²) in [6, 6.07) is 0.297. The van der Waals surface area contributed by atoms with Crippen LogP contribution in [0.15, 0.2) is 0 Å². The number of ether oxygens (including phenoxy) is 1. The van der Waals surface area contributed by atoms with Gasteiger partial charge < -0.3 is 10.5 Å². The molecule has 3 nitrogen and oxygen atoms in total. The molecule has 0 aliphatic carbocycles. The fraction of sp³-hybridized carbons (Fsp3) is 1.00. The number of nitrogens with zero attached hydrogens (tertiary/aromatic N) is 1. The summed E-state index contributed by atoms with van der Waals surface area (Å²) >= 11 is 0. The highest BCUT2D eigenvalue weighted by molar-refractivity contribution is 4.75. The molecule has 1 aliphatic rings. The van der Waals surface area contributed by atoms with E-state index in [2.05, 4.69) is 25.7 Å². The van der Waals surface area contributed by atoms with Crippen molar-refractivity contribution in [3.63, 3.8) is 0 Å². The Balaban J connectivity index is 2.27. The molecule has 0 bridgehead atoms. The SMILES string of the molecule is CC1CN(C[C@@H](N)C(C)C)CCO1. The van der Waals surface area contributed by atoms with E-state index in [1.807, 2.05) is 0 Å². The van der Waals surface area contributed by atoms with Gasteiger partial charge in [-0.2, -0.15) is 0 Å². The molecule has 1 rings (SSSR count). The van der Waals surface area contributed by atoms with Gasteiger partial charge in [0, 0.05) is 25.7 Å². The third-order valence-corrected chi connectivity index (χ3v) is 2.65. The van der Waals surface area contributed by atoms with Gasteiger partial charge in [-0.15, -0.1) is 0 Å². The third-order valence-electron chi connectivity index (χ3n) is 2.65. The van der Waals surface area contributed by atoms with E-state index < -0.39 is 0 Å². The predicted molar refractivity (Wildman–Crippen MR) is 54.7 cm³/mol. The van der Waals surface area contributed by atoms with Gasteiger partial charge in [0.05, 0.1) is 12.7 Å². The Bertz CT molecular complexity index is 150. The summed E-state index contributed by atoms with van der Waals surface area (Å²) in [7, 11) is 0. The highest BCUT2D eigenvalue weighted by atomic mass is 16.5. The van der Waals surface area contributed by atoms with Crippen LogP contribution in [0.5, 0.6) is 0 Å². The van der Waals surface area contributed by atoms with E-state index in [0.717, 1.165) is 26.2 Å². The number of nitrogens with two attached hydrogens (primary N) is 1. The van der Waals surface area contributed by atoms with E-state index in [0.29, 0.717) is 18.1 Å². The molecule has 1 unspecified atom stereocenters. The molecule has 1 aliphatic heterocycles. The molecule has 0 spiro atoms. The summed E-state index contributed by atoms with van der Waals surface area (Å²) in [4.78, 5) is 2.40. The lowest BCUT2D eigenvalue weighted by atomic mass is 10.0. The first-order chi connectivity index (χ1) is 6.09. The Labute approximate surface area is 81.2 Å². The monoisotopic (exact) mass is 186 g/mol. The first-order valence-corrected chi connectivity index (χ1v) is 5.19. The molecule has 78 valence electrons. The summed E-state index contributed by atoms with van der Waals surface area (Å²) in [5, 5.41) is 0. The fourth-order valence-electron chi connectivity index (χ4n) is 1.57. The Hall–Kier alpha value is -0.120. The average molecular weight is 186 g/mol. The summed E-state index contributed by atoms with van der Waals surface area (Å²) in [6.07, 6.45) is 0.369. The topological polar surface area (TPSA) is 38.5 Å². The Morgan fingerprint density at radius 2 is 2.23 bits per heavy atom. The largest absolute Gasteiger partial charge is 0.376 e. The molecule has 2 N–H and O–H groups in total. The van der Waals surface area contributed by atoms with Gasteiger partial charge in [-0.25, -0.2) is 0 Å². The van der Waals surface area contributed by atoms with Gasteiger partial charge in [0.15, 0.2) is 0 Å². The number of hydrogen-bond acceptors (Lipinski definition) is 3. The molecule has 0 aromatic carbocycles. The minimum absolute atomic E-state index is 0.297. The normalized spacial score (nSPS) is 27.9. The predicted octanol–water partition coefficient (Wildman–Crippen LogP) is 0.690. The minimum Gasteiger partial charge on any atom is -0.376 e. The van der Waals surface area contributed by atoms with Crippen LogP contribution in [0.4, 0.5) is 0 Å². The van der Waals surface area contributed by atoms with Crippen LogP contribution in [0.25, 0.3) is 0 Å². The maximum Gasteiger partial charge on any atom is 0.0674 e. The van der Waals surface area contributed by atoms with E-state index >= 15 is 0 Å². The third kappa shape index (κ3) is 3.63. The minimum atomic E-state index is 0.297. The summed E-state index contributed by atoms with van der Waals surface area (Å²) in [5.74, 6) is 0.568. The number of morpholine rings is 1. The van der Waals surface area contributed by atoms with Crippen LogP contribution < -0.4 is 5.73 Å². The first-order valence-electron chi connectivity index (χ1n) is 5.19. The van der Waals surface area contributed by atoms with Gasteiger partial charge in [0.2, 0.25) is 0 Å². The Kier molecular flexibility index (Phi) is 4.16. The molecular weight excluding hydrogens is 164 g/mol. The zero-order chi connectivity index (χ0) is 9.84. The Morgan fingerprint density at radius 1 is 1.54 bits per heavy atom. The molecule has 1 fully saturated rings. The van der Waals surface area contributed by atoms with E-state index in [1.54, 1.807) is 0 Å². The van der Waals surface area contributed by atoms with Gasteiger partial charge in [0.25, 0.3) is 0 Å².